The SMILES string of the molecule is COc1cccc(C(O)CNCC2CCSC2)c1. The van der Waals surface area contributed by atoms with E-state index in [1.165, 1.54) is 17.9 Å². The summed E-state index contributed by atoms with van der Waals surface area (Å²) in [6.07, 6.45) is 0.835. The molecule has 1 aliphatic heterocycles. The maximum Gasteiger partial charge on any atom is 0.119 e. The Labute approximate surface area is 113 Å². The summed E-state index contributed by atoms with van der Waals surface area (Å²) in [6.45, 7) is 1.61. The fourth-order valence-corrected chi connectivity index (χ4v) is 3.42. The molecule has 18 heavy (non-hydrogen) atoms. The number of ether oxygens (including phenoxy) is 1. The Bertz CT molecular complexity index is 367. The van der Waals surface area contributed by atoms with Crippen LogP contribution in [0.4, 0.5) is 0 Å². The molecule has 1 fully saturated rings. The molecule has 1 aromatic carbocycles. The predicted octanol–water partition coefficient (Wildman–Crippen LogP) is 2.07. The first kappa shape index (κ1) is 13.7. The summed E-state index contributed by atoms with van der Waals surface area (Å²) in [5, 5.41) is 13.5. The van der Waals surface area contributed by atoms with Crippen molar-refractivity contribution < 1.29 is 9.84 Å². The van der Waals surface area contributed by atoms with Crippen molar-refractivity contribution in [1.29, 1.82) is 0 Å². The molecule has 1 heterocycles. The molecule has 3 nitrogen and oxygen atoms in total. The largest absolute Gasteiger partial charge is 0.497 e. The molecule has 0 aromatic heterocycles. The van der Waals surface area contributed by atoms with Gasteiger partial charge in [0, 0.05) is 6.54 Å². The molecule has 100 valence electrons. The Morgan fingerprint density at radius 3 is 3.17 bits per heavy atom. The van der Waals surface area contributed by atoms with Gasteiger partial charge in [0.15, 0.2) is 0 Å². The third-order valence-electron chi connectivity index (χ3n) is 3.27. The first-order chi connectivity index (χ1) is 8.79. The molecule has 0 spiro atoms. The van der Waals surface area contributed by atoms with E-state index in [-0.39, 0.29) is 0 Å². The van der Waals surface area contributed by atoms with Crippen molar-refractivity contribution in [2.24, 2.45) is 5.92 Å². The molecule has 1 aliphatic rings. The van der Waals surface area contributed by atoms with Crippen LogP contribution in [0.1, 0.15) is 18.1 Å². The predicted molar refractivity (Wildman–Crippen MR) is 76.3 cm³/mol. The zero-order valence-electron chi connectivity index (χ0n) is 10.8. The second kappa shape index (κ2) is 7.02. The normalized spacial score (nSPS) is 20.9. The highest BCUT2D eigenvalue weighted by molar-refractivity contribution is 7.99. The van der Waals surface area contributed by atoms with Gasteiger partial charge < -0.3 is 15.2 Å². The molecule has 0 amide bonds. The summed E-state index contributed by atoms with van der Waals surface area (Å²) < 4.78 is 5.16. The molecule has 2 atom stereocenters. The monoisotopic (exact) mass is 267 g/mol. The van der Waals surface area contributed by atoms with Crippen LogP contribution in [-0.2, 0) is 0 Å². The summed E-state index contributed by atoms with van der Waals surface area (Å²) >= 11 is 2.02. The molecule has 1 saturated heterocycles. The van der Waals surface area contributed by atoms with Gasteiger partial charge in [-0.3, -0.25) is 0 Å². The van der Waals surface area contributed by atoms with E-state index in [1.807, 2.05) is 36.0 Å². The number of hydrogen-bond acceptors (Lipinski definition) is 4. The van der Waals surface area contributed by atoms with Crippen LogP contribution in [0, 0.1) is 5.92 Å². The lowest BCUT2D eigenvalue weighted by atomic mass is 10.1. The minimum absolute atomic E-state index is 0.464. The maximum absolute atomic E-state index is 10.1. The van der Waals surface area contributed by atoms with Crippen LogP contribution >= 0.6 is 11.8 Å². The van der Waals surface area contributed by atoms with E-state index in [9.17, 15) is 5.11 Å². The second-order valence-corrected chi connectivity index (χ2v) is 5.83. The van der Waals surface area contributed by atoms with E-state index in [0.29, 0.717) is 6.54 Å². The Kier molecular flexibility index (Phi) is 5.35. The average molecular weight is 267 g/mol. The lowest BCUT2D eigenvalue weighted by Gasteiger charge is -2.15. The Morgan fingerprint density at radius 1 is 1.56 bits per heavy atom. The smallest absolute Gasteiger partial charge is 0.119 e. The highest BCUT2D eigenvalue weighted by atomic mass is 32.2. The van der Waals surface area contributed by atoms with Gasteiger partial charge in [0.05, 0.1) is 13.2 Å². The highest BCUT2D eigenvalue weighted by Gasteiger charge is 2.15. The second-order valence-electron chi connectivity index (χ2n) is 4.68. The summed E-state index contributed by atoms with van der Waals surface area (Å²) in [6, 6.07) is 7.61. The lowest BCUT2D eigenvalue weighted by Crippen LogP contribution is -2.27. The van der Waals surface area contributed by atoms with Gasteiger partial charge in [-0.2, -0.15) is 11.8 Å². The van der Waals surface area contributed by atoms with Crippen LogP contribution in [0.15, 0.2) is 24.3 Å². The minimum Gasteiger partial charge on any atom is -0.497 e. The van der Waals surface area contributed by atoms with Crippen molar-refractivity contribution in [3.63, 3.8) is 0 Å². The summed E-state index contributed by atoms with van der Waals surface area (Å²) in [4.78, 5) is 0. The number of benzene rings is 1. The zero-order chi connectivity index (χ0) is 12.8. The van der Waals surface area contributed by atoms with E-state index in [1.54, 1.807) is 7.11 Å². The van der Waals surface area contributed by atoms with Crippen LogP contribution in [0.25, 0.3) is 0 Å². The van der Waals surface area contributed by atoms with Gasteiger partial charge in [-0.15, -0.1) is 0 Å². The van der Waals surface area contributed by atoms with Gasteiger partial charge >= 0.3 is 0 Å². The first-order valence-electron chi connectivity index (χ1n) is 6.40. The van der Waals surface area contributed by atoms with Crippen LogP contribution in [-0.4, -0.2) is 36.8 Å². The summed E-state index contributed by atoms with van der Waals surface area (Å²) in [5.74, 6) is 4.10. The fourth-order valence-electron chi connectivity index (χ4n) is 2.14. The van der Waals surface area contributed by atoms with Crippen LogP contribution in [0.5, 0.6) is 5.75 Å². The number of nitrogens with one attached hydrogen (secondary N) is 1. The first-order valence-corrected chi connectivity index (χ1v) is 7.55. The Morgan fingerprint density at radius 2 is 2.44 bits per heavy atom. The molecule has 1 aromatic rings. The fraction of sp³-hybridized carbons (Fsp3) is 0.571. The zero-order valence-corrected chi connectivity index (χ0v) is 11.6. The maximum atomic E-state index is 10.1. The molecule has 4 heteroatoms. The van der Waals surface area contributed by atoms with Crippen molar-refractivity contribution in [1.82, 2.24) is 5.32 Å². The minimum atomic E-state index is -0.464. The molecular weight excluding hydrogens is 246 g/mol. The molecule has 0 bridgehead atoms. The molecule has 2 N–H and O–H groups in total. The van der Waals surface area contributed by atoms with Gasteiger partial charge in [0.2, 0.25) is 0 Å². The summed E-state index contributed by atoms with van der Waals surface area (Å²) in [5.41, 5.74) is 0.905. The Hall–Kier alpha value is -0.710. The van der Waals surface area contributed by atoms with E-state index in [4.69, 9.17) is 4.74 Å². The standard InChI is InChI=1S/C14H21NO2S/c1-17-13-4-2-3-12(7-13)14(16)9-15-8-11-5-6-18-10-11/h2-4,7,11,14-16H,5-6,8-10H2,1H3. The quantitative estimate of drug-likeness (QED) is 0.828. The van der Waals surface area contributed by atoms with E-state index in [2.05, 4.69) is 5.32 Å². The van der Waals surface area contributed by atoms with Crippen molar-refractivity contribution in [2.45, 2.75) is 12.5 Å². The number of aliphatic hydroxyl groups excluding tert-OH is 1. The van der Waals surface area contributed by atoms with E-state index < -0.39 is 6.10 Å². The van der Waals surface area contributed by atoms with Crippen LogP contribution in [0.3, 0.4) is 0 Å². The van der Waals surface area contributed by atoms with Crippen LogP contribution in [0.2, 0.25) is 0 Å². The van der Waals surface area contributed by atoms with Crippen molar-refractivity contribution in [3.8, 4) is 5.75 Å². The average Bonchev–Trinajstić information content (AvgIpc) is 2.92. The highest BCUT2D eigenvalue weighted by Crippen LogP contribution is 2.23. The molecule has 0 aliphatic carbocycles. The van der Waals surface area contributed by atoms with Gasteiger partial charge in [0.1, 0.15) is 5.75 Å². The number of rotatable bonds is 6. The third-order valence-corrected chi connectivity index (χ3v) is 4.50. The molecule has 2 unspecified atom stereocenters. The molecule has 0 radical (unpaired) electrons. The number of aliphatic hydroxyl groups is 1. The van der Waals surface area contributed by atoms with E-state index >= 15 is 0 Å². The number of methoxy groups -OCH3 is 1. The van der Waals surface area contributed by atoms with Gasteiger partial charge in [0.25, 0.3) is 0 Å². The third kappa shape index (κ3) is 3.90. The van der Waals surface area contributed by atoms with Crippen molar-refractivity contribution >= 4 is 11.8 Å². The van der Waals surface area contributed by atoms with Crippen molar-refractivity contribution in [3.05, 3.63) is 29.8 Å². The van der Waals surface area contributed by atoms with Crippen LogP contribution < -0.4 is 10.1 Å². The molecular formula is C14H21NO2S. The Balaban J connectivity index is 1.77. The van der Waals surface area contributed by atoms with E-state index in [0.717, 1.165) is 23.8 Å². The molecule has 2 rings (SSSR count). The molecule has 0 saturated carbocycles. The lowest BCUT2D eigenvalue weighted by molar-refractivity contribution is 0.173. The topological polar surface area (TPSA) is 41.5 Å². The number of hydrogen-bond donors (Lipinski definition) is 2. The number of thioether (sulfide) groups is 1. The van der Waals surface area contributed by atoms with Gasteiger partial charge in [-0.05, 0) is 48.1 Å². The van der Waals surface area contributed by atoms with Crippen molar-refractivity contribution in [2.75, 3.05) is 31.7 Å². The summed E-state index contributed by atoms with van der Waals surface area (Å²) in [7, 11) is 1.64. The van der Waals surface area contributed by atoms with Gasteiger partial charge in [-0.1, -0.05) is 12.1 Å². The van der Waals surface area contributed by atoms with Gasteiger partial charge in [-0.25, -0.2) is 0 Å².